The van der Waals surface area contributed by atoms with Gasteiger partial charge in [0.1, 0.15) is 11.8 Å². The molecule has 30 heavy (non-hydrogen) atoms. The Morgan fingerprint density at radius 2 is 1.53 bits per heavy atom. The maximum atomic E-state index is 12.4. The number of ether oxygens (including phenoxy) is 1. The van der Waals surface area contributed by atoms with Crippen LogP contribution >= 0.6 is 0 Å². The second-order valence-electron chi connectivity index (χ2n) is 5.95. The lowest BCUT2D eigenvalue weighted by atomic mass is 10.0. The Balaban J connectivity index is 1.94. The van der Waals surface area contributed by atoms with Crippen LogP contribution in [-0.2, 0) is 19.2 Å². The second kappa shape index (κ2) is 10.3. The summed E-state index contributed by atoms with van der Waals surface area (Å²) in [5.41, 5.74) is 1.11. The van der Waals surface area contributed by atoms with Crippen LogP contribution in [0.4, 0.5) is 5.69 Å². The highest BCUT2D eigenvalue weighted by atomic mass is 16.5. The molecule has 2 aromatic rings. The van der Waals surface area contributed by atoms with Crippen molar-refractivity contribution >= 4 is 35.4 Å². The number of rotatable bonds is 10. The predicted octanol–water partition coefficient (Wildman–Crippen LogP) is 1.31. The Kier molecular flexibility index (Phi) is 7.55. The summed E-state index contributed by atoms with van der Waals surface area (Å²) >= 11 is 0. The van der Waals surface area contributed by atoms with Crippen molar-refractivity contribution in [2.45, 2.75) is 12.5 Å². The number of aliphatic imine (C=N–C) groups is 1. The standard InChI is InChI=1S/C20H16N2O8/c23-11-21-14-5-1-12(2-6-14)19(27)13-3-7-15(8-4-13)30-10-17(24)22-16(20(28)29)9-18(25)26/h1-8,16H,9-10H2,(H,22,24)(H,25,26)(H,28,29). The van der Waals surface area contributed by atoms with E-state index in [9.17, 15) is 24.0 Å². The number of isocyanates is 1. The van der Waals surface area contributed by atoms with E-state index in [2.05, 4.69) is 10.3 Å². The molecule has 1 atom stereocenters. The van der Waals surface area contributed by atoms with Crippen molar-refractivity contribution in [2.24, 2.45) is 4.99 Å². The number of hydrogen-bond acceptors (Lipinski definition) is 7. The molecule has 10 nitrogen and oxygen atoms in total. The van der Waals surface area contributed by atoms with E-state index in [0.29, 0.717) is 16.8 Å². The Bertz CT molecular complexity index is 992. The molecule has 0 radical (unpaired) electrons. The van der Waals surface area contributed by atoms with Crippen LogP contribution in [0.15, 0.2) is 53.5 Å². The van der Waals surface area contributed by atoms with E-state index in [1.165, 1.54) is 54.6 Å². The van der Waals surface area contributed by atoms with Crippen LogP contribution in [0.25, 0.3) is 0 Å². The second-order valence-corrected chi connectivity index (χ2v) is 5.95. The van der Waals surface area contributed by atoms with Gasteiger partial charge in [0.25, 0.3) is 5.91 Å². The quantitative estimate of drug-likeness (QED) is 0.299. The molecule has 0 aliphatic carbocycles. The number of carbonyl (C=O) groups excluding carboxylic acids is 3. The van der Waals surface area contributed by atoms with Gasteiger partial charge >= 0.3 is 11.9 Å². The number of aliphatic carboxylic acids is 2. The number of nitrogens with one attached hydrogen (secondary N) is 1. The third-order valence-corrected chi connectivity index (χ3v) is 3.80. The molecule has 3 N–H and O–H groups in total. The Morgan fingerprint density at radius 1 is 0.967 bits per heavy atom. The largest absolute Gasteiger partial charge is 0.484 e. The molecule has 1 unspecified atom stereocenters. The smallest absolute Gasteiger partial charge is 0.326 e. The summed E-state index contributed by atoms with van der Waals surface area (Å²) in [5.74, 6) is -3.67. The third kappa shape index (κ3) is 6.39. The molecular weight excluding hydrogens is 396 g/mol. The van der Waals surface area contributed by atoms with Crippen LogP contribution in [0.5, 0.6) is 5.75 Å². The fraction of sp³-hybridized carbons (Fsp3) is 0.150. The number of amides is 1. The molecule has 0 heterocycles. The molecule has 0 aliphatic rings. The lowest BCUT2D eigenvalue weighted by Crippen LogP contribution is -2.44. The average molecular weight is 412 g/mol. The van der Waals surface area contributed by atoms with Crippen LogP contribution < -0.4 is 10.1 Å². The van der Waals surface area contributed by atoms with Gasteiger partial charge in [-0.05, 0) is 48.5 Å². The third-order valence-electron chi connectivity index (χ3n) is 3.80. The summed E-state index contributed by atoms with van der Waals surface area (Å²) in [7, 11) is 0. The van der Waals surface area contributed by atoms with Gasteiger partial charge in [-0.2, -0.15) is 4.99 Å². The first-order valence-corrected chi connectivity index (χ1v) is 8.49. The molecule has 0 aliphatic heterocycles. The highest BCUT2D eigenvalue weighted by Gasteiger charge is 2.23. The number of hydrogen-bond donors (Lipinski definition) is 3. The van der Waals surface area contributed by atoms with Crippen LogP contribution in [-0.4, -0.2) is 52.6 Å². The maximum Gasteiger partial charge on any atom is 0.326 e. The van der Waals surface area contributed by atoms with Gasteiger partial charge in [-0.3, -0.25) is 14.4 Å². The van der Waals surface area contributed by atoms with E-state index in [-0.39, 0.29) is 11.5 Å². The minimum atomic E-state index is -1.57. The number of benzene rings is 2. The summed E-state index contributed by atoms with van der Waals surface area (Å²) < 4.78 is 5.22. The molecule has 2 aromatic carbocycles. The SMILES string of the molecule is O=C=Nc1ccc(C(=O)c2ccc(OCC(=O)NC(CC(=O)O)C(=O)O)cc2)cc1. The maximum absolute atomic E-state index is 12.4. The molecule has 2 rings (SSSR count). The molecule has 0 saturated carbocycles. The van der Waals surface area contributed by atoms with E-state index in [4.69, 9.17) is 14.9 Å². The van der Waals surface area contributed by atoms with Crippen LogP contribution in [0, 0.1) is 0 Å². The number of nitrogens with zero attached hydrogens (tertiary/aromatic N) is 1. The van der Waals surface area contributed by atoms with Gasteiger partial charge in [0, 0.05) is 11.1 Å². The van der Waals surface area contributed by atoms with Crippen LogP contribution in [0.1, 0.15) is 22.3 Å². The lowest BCUT2D eigenvalue weighted by Gasteiger charge is -2.13. The summed E-state index contributed by atoms with van der Waals surface area (Å²) in [6, 6.07) is 10.4. The minimum absolute atomic E-state index is 0.252. The Hall–Kier alpha value is -4.30. The molecule has 1 amide bonds. The number of carbonyl (C=O) groups is 4. The van der Waals surface area contributed by atoms with Gasteiger partial charge in [0.2, 0.25) is 6.08 Å². The van der Waals surface area contributed by atoms with Crippen molar-refractivity contribution in [1.82, 2.24) is 5.32 Å². The predicted molar refractivity (Wildman–Crippen MR) is 101 cm³/mol. The molecule has 0 bridgehead atoms. The van der Waals surface area contributed by atoms with Gasteiger partial charge in [-0.1, -0.05) is 0 Å². The molecule has 0 aromatic heterocycles. The van der Waals surface area contributed by atoms with Crippen molar-refractivity contribution in [1.29, 1.82) is 0 Å². The molecule has 10 heteroatoms. The van der Waals surface area contributed by atoms with Crippen LogP contribution in [0.3, 0.4) is 0 Å². The highest BCUT2D eigenvalue weighted by molar-refractivity contribution is 6.09. The Morgan fingerprint density at radius 3 is 2.03 bits per heavy atom. The van der Waals surface area contributed by atoms with Crippen molar-refractivity contribution in [3.8, 4) is 5.75 Å². The molecule has 154 valence electrons. The van der Waals surface area contributed by atoms with Gasteiger partial charge < -0.3 is 20.3 Å². The molecule has 0 saturated heterocycles. The van der Waals surface area contributed by atoms with Gasteiger partial charge in [0.05, 0.1) is 12.1 Å². The topological polar surface area (TPSA) is 159 Å². The fourth-order valence-corrected chi connectivity index (χ4v) is 2.37. The summed E-state index contributed by atoms with van der Waals surface area (Å²) in [6.07, 6.45) is 0.643. The highest BCUT2D eigenvalue weighted by Crippen LogP contribution is 2.18. The zero-order chi connectivity index (χ0) is 22.1. The van der Waals surface area contributed by atoms with E-state index < -0.39 is 36.9 Å². The first-order valence-electron chi connectivity index (χ1n) is 8.49. The Labute approximate surface area is 169 Å². The first kappa shape index (κ1) is 22.0. The number of ketones is 1. The van der Waals surface area contributed by atoms with E-state index >= 15 is 0 Å². The van der Waals surface area contributed by atoms with Gasteiger partial charge in [-0.15, -0.1) is 0 Å². The number of carboxylic acids is 2. The van der Waals surface area contributed by atoms with Crippen LogP contribution in [0.2, 0.25) is 0 Å². The first-order chi connectivity index (χ1) is 14.3. The fourth-order valence-electron chi connectivity index (χ4n) is 2.37. The molecule has 0 fully saturated rings. The van der Waals surface area contributed by atoms with E-state index in [1.807, 2.05) is 0 Å². The number of carboxylic acid groups (broad SMARTS) is 2. The average Bonchev–Trinajstić information content (AvgIpc) is 2.72. The van der Waals surface area contributed by atoms with Crippen molar-refractivity contribution in [3.63, 3.8) is 0 Å². The summed E-state index contributed by atoms with van der Waals surface area (Å²) in [5, 5.41) is 19.6. The summed E-state index contributed by atoms with van der Waals surface area (Å²) in [6.45, 7) is -0.532. The van der Waals surface area contributed by atoms with Crippen molar-refractivity contribution in [2.75, 3.05) is 6.61 Å². The minimum Gasteiger partial charge on any atom is -0.484 e. The lowest BCUT2D eigenvalue weighted by molar-refractivity contribution is -0.147. The molecule has 0 spiro atoms. The van der Waals surface area contributed by atoms with Gasteiger partial charge in [-0.25, -0.2) is 9.59 Å². The monoisotopic (exact) mass is 412 g/mol. The van der Waals surface area contributed by atoms with Crippen molar-refractivity contribution < 1.29 is 38.9 Å². The van der Waals surface area contributed by atoms with E-state index in [1.54, 1.807) is 0 Å². The zero-order valence-corrected chi connectivity index (χ0v) is 15.4. The van der Waals surface area contributed by atoms with E-state index in [0.717, 1.165) is 0 Å². The van der Waals surface area contributed by atoms with Crippen molar-refractivity contribution in [3.05, 3.63) is 59.7 Å². The summed E-state index contributed by atoms with van der Waals surface area (Å²) in [4.78, 5) is 59.4. The molecular formula is C20H16N2O8. The zero-order valence-electron chi connectivity index (χ0n) is 15.4. The normalized spacial score (nSPS) is 10.9. The van der Waals surface area contributed by atoms with Gasteiger partial charge in [0.15, 0.2) is 12.4 Å².